The highest BCUT2D eigenvalue weighted by Gasteiger charge is 2.31. The Hall–Kier alpha value is -5.16. The number of amides is 2. The lowest BCUT2D eigenvalue weighted by atomic mass is 10.0. The van der Waals surface area contributed by atoms with E-state index in [9.17, 15) is 26.7 Å². The molecule has 1 saturated carbocycles. The zero-order valence-corrected chi connectivity index (χ0v) is 31.9. The minimum Gasteiger partial charge on any atom is -0.382 e. The van der Waals surface area contributed by atoms with Gasteiger partial charge in [-0.2, -0.15) is 27.8 Å². The van der Waals surface area contributed by atoms with Crippen LogP contribution in [0.2, 0.25) is 5.02 Å². The van der Waals surface area contributed by atoms with Crippen molar-refractivity contribution in [1.29, 1.82) is 0 Å². The number of carbonyl (C=O) groups excluding carboxylic acids is 2. The Balaban J connectivity index is 0.00000171. The second-order valence-electron chi connectivity index (χ2n) is 12.3. The minimum absolute atomic E-state index is 0.0396. The molecule has 2 aromatic carbocycles. The average Bonchev–Trinajstić information content (AvgIpc) is 3.74. The first-order valence-electron chi connectivity index (χ1n) is 16.1. The summed E-state index contributed by atoms with van der Waals surface area (Å²) in [6.45, 7) is 12.0. The van der Waals surface area contributed by atoms with Gasteiger partial charge in [0.05, 0.1) is 29.6 Å². The van der Waals surface area contributed by atoms with E-state index in [1.165, 1.54) is 56.9 Å². The average molecular weight is 786 g/mol. The van der Waals surface area contributed by atoms with Gasteiger partial charge in [-0.25, -0.2) is 14.1 Å². The largest absolute Gasteiger partial charge is 0.382 e. The molecular weight excluding hydrogens is 737 g/mol. The molecule has 298 valence electrons. The lowest BCUT2D eigenvalue weighted by Gasteiger charge is -2.31. The third-order valence-corrected chi connectivity index (χ3v) is 6.47. The lowest BCUT2D eigenvalue weighted by molar-refractivity contribution is -0.106. The Labute approximate surface area is 318 Å². The van der Waals surface area contributed by atoms with Crippen molar-refractivity contribution in [2.45, 2.75) is 65.8 Å². The quantitative estimate of drug-likeness (QED) is 0.0380. The fourth-order valence-corrected chi connectivity index (χ4v) is 4.02. The molecule has 4 rings (SSSR count). The standard InChI is InChI=1S/C25H25ClF4N8O2.C5H12.C3H5F.C2H4.CH3NO/c1-32-14-35-38(24(29)30)20-10-17(8-9-19(20)26)21(13-40-3)37(25(31)33-2)22(39)16-6-4-15(5-7-16)18-11-34-36(12-18)23(27)28;1-5(2,3)4;4-3-1-2-3;1-2;2-1-3/h4-12,14,21,23-24H,1,13H2,2-3H3,(H2,31,33);1-4H3;3H,1-2H2;1-2H2;1H,(H2,2,3)/b35-14-;;;;/t21-;;;;/m1..../s1. The number of guanidine groups is 1. The maximum atomic E-state index is 13.8. The fraction of sp³-hybridized carbons (Fsp3) is 0.389. The molecule has 54 heavy (non-hydrogen) atoms. The molecule has 0 aliphatic heterocycles. The van der Waals surface area contributed by atoms with Gasteiger partial charge in [-0.05, 0) is 60.4 Å². The van der Waals surface area contributed by atoms with Crippen molar-refractivity contribution in [2.75, 3.05) is 25.8 Å². The van der Waals surface area contributed by atoms with Crippen molar-refractivity contribution in [2.24, 2.45) is 32.0 Å². The molecule has 3 aromatic rings. The first-order chi connectivity index (χ1) is 25.4. The molecule has 0 unspecified atom stereocenters. The molecular formula is C36H49ClF5N9O3. The number of methoxy groups -OCH3 is 1. The van der Waals surface area contributed by atoms with E-state index in [-0.39, 0.29) is 35.3 Å². The summed E-state index contributed by atoms with van der Waals surface area (Å²) in [6, 6.07) is 9.40. The molecule has 0 spiro atoms. The maximum absolute atomic E-state index is 13.8. The SMILES string of the molecule is C=C.C=N/C=N\N(c1cc([C@@H](COC)N(C(=O)c2ccc(-c3cnn(C(F)F)c3)cc2)C(N)=NC)ccc1Cl)C(F)F.CC(C)(C)C.FC1CC1.NC=O. The topological polar surface area (TPSA) is 157 Å². The molecule has 1 atom stereocenters. The van der Waals surface area contributed by atoms with Crippen molar-refractivity contribution in [1.82, 2.24) is 14.7 Å². The summed E-state index contributed by atoms with van der Waals surface area (Å²) in [5, 5.41) is 7.50. The first-order valence-corrected chi connectivity index (χ1v) is 16.4. The third kappa shape index (κ3) is 17.6. The van der Waals surface area contributed by atoms with Gasteiger partial charge in [0.15, 0.2) is 5.96 Å². The number of carbonyl (C=O) groups is 2. The van der Waals surface area contributed by atoms with Gasteiger partial charge in [-0.15, -0.1) is 13.2 Å². The molecule has 1 heterocycles. The number of primary amides is 1. The van der Waals surface area contributed by atoms with E-state index in [0.29, 0.717) is 31.8 Å². The minimum atomic E-state index is -3.07. The van der Waals surface area contributed by atoms with Gasteiger partial charge in [0.1, 0.15) is 12.5 Å². The van der Waals surface area contributed by atoms with E-state index in [2.05, 4.69) is 73.5 Å². The molecule has 0 saturated heterocycles. The van der Waals surface area contributed by atoms with Gasteiger partial charge in [0.25, 0.3) is 5.91 Å². The Kier molecular flexibility index (Phi) is 22.6. The van der Waals surface area contributed by atoms with Crippen LogP contribution in [-0.4, -0.2) is 79.5 Å². The van der Waals surface area contributed by atoms with Crippen LogP contribution in [0.3, 0.4) is 0 Å². The number of hydrazone groups is 1. The van der Waals surface area contributed by atoms with E-state index in [1.807, 2.05) is 0 Å². The number of nitrogens with zero attached hydrogens (tertiary/aromatic N) is 7. The Morgan fingerprint density at radius 1 is 1.11 bits per heavy atom. The van der Waals surface area contributed by atoms with Crippen LogP contribution in [0.4, 0.5) is 27.6 Å². The number of benzene rings is 2. The highest BCUT2D eigenvalue weighted by molar-refractivity contribution is 6.33. The number of alkyl halides is 5. The normalized spacial score (nSPS) is 12.8. The van der Waals surface area contributed by atoms with E-state index in [4.69, 9.17) is 26.9 Å². The highest BCUT2D eigenvalue weighted by Crippen LogP contribution is 2.34. The van der Waals surface area contributed by atoms with Crippen LogP contribution in [0.15, 0.2) is 83.1 Å². The molecule has 4 N–H and O–H groups in total. The van der Waals surface area contributed by atoms with E-state index in [0.717, 1.165) is 24.1 Å². The van der Waals surface area contributed by atoms with Crippen molar-refractivity contribution in [3.8, 4) is 11.1 Å². The zero-order chi connectivity index (χ0) is 41.6. The molecule has 1 aromatic heterocycles. The first kappa shape index (κ1) is 48.8. The summed E-state index contributed by atoms with van der Waals surface area (Å²) < 4.78 is 70.3. The number of aromatic nitrogens is 2. The molecule has 2 amide bonds. The third-order valence-electron chi connectivity index (χ3n) is 6.15. The molecule has 1 fully saturated rings. The molecule has 0 bridgehead atoms. The summed E-state index contributed by atoms with van der Waals surface area (Å²) in [4.78, 5) is 30.7. The van der Waals surface area contributed by atoms with Crippen LogP contribution in [0.5, 0.6) is 0 Å². The van der Waals surface area contributed by atoms with Crippen LogP contribution in [-0.2, 0) is 9.53 Å². The molecule has 0 radical (unpaired) electrons. The Morgan fingerprint density at radius 3 is 2.06 bits per heavy atom. The van der Waals surface area contributed by atoms with Crippen molar-refractivity contribution in [3.05, 3.63) is 84.2 Å². The second kappa shape index (κ2) is 25.0. The van der Waals surface area contributed by atoms with E-state index < -0.39 is 31.2 Å². The monoisotopic (exact) mass is 785 g/mol. The zero-order valence-electron chi connectivity index (χ0n) is 31.2. The van der Waals surface area contributed by atoms with Crippen molar-refractivity contribution in [3.63, 3.8) is 0 Å². The van der Waals surface area contributed by atoms with Gasteiger partial charge < -0.3 is 16.2 Å². The Morgan fingerprint density at radius 2 is 1.65 bits per heavy atom. The predicted octanol–water partition coefficient (Wildman–Crippen LogP) is 8.12. The maximum Gasteiger partial charge on any atom is 0.333 e. The summed E-state index contributed by atoms with van der Waals surface area (Å²) in [7, 11) is 2.78. The summed E-state index contributed by atoms with van der Waals surface area (Å²) >= 11 is 6.20. The van der Waals surface area contributed by atoms with Gasteiger partial charge >= 0.3 is 13.1 Å². The number of nitrogens with two attached hydrogens (primary N) is 2. The van der Waals surface area contributed by atoms with Crippen LogP contribution in [0.25, 0.3) is 11.1 Å². The van der Waals surface area contributed by atoms with E-state index >= 15 is 0 Å². The van der Waals surface area contributed by atoms with Crippen LogP contribution in [0, 0.1) is 5.41 Å². The van der Waals surface area contributed by atoms with E-state index in [1.54, 1.807) is 12.1 Å². The Bertz CT molecular complexity index is 1620. The van der Waals surface area contributed by atoms with Gasteiger partial charge in [-0.3, -0.25) is 24.5 Å². The number of rotatable bonds is 11. The number of halogens is 6. The summed E-state index contributed by atoms with van der Waals surface area (Å²) in [6.07, 6.45) is 4.77. The second-order valence-corrected chi connectivity index (χ2v) is 12.8. The van der Waals surface area contributed by atoms with Crippen molar-refractivity contribution >= 4 is 48.6 Å². The predicted molar refractivity (Wildman–Crippen MR) is 206 cm³/mol. The molecule has 12 nitrogen and oxygen atoms in total. The molecule has 1 aliphatic rings. The number of anilines is 1. The number of hydrogen-bond donors (Lipinski definition) is 2. The number of aliphatic imine (C=N–C) groups is 2. The fourth-order valence-electron chi connectivity index (χ4n) is 3.81. The summed E-state index contributed by atoms with van der Waals surface area (Å²) in [5.41, 5.74) is 12.1. The number of ether oxygens (including phenoxy) is 1. The molecule has 1 aliphatic carbocycles. The van der Waals surface area contributed by atoms with Gasteiger partial charge in [0, 0.05) is 31.5 Å². The van der Waals surface area contributed by atoms with Crippen molar-refractivity contribution < 1.29 is 36.3 Å². The van der Waals surface area contributed by atoms with Crippen LogP contribution < -0.4 is 16.5 Å². The smallest absolute Gasteiger partial charge is 0.333 e. The summed E-state index contributed by atoms with van der Waals surface area (Å²) in [5.74, 6) is -0.763. The highest BCUT2D eigenvalue weighted by atomic mass is 35.5. The lowest BCUT2D eigenvalue weighted by Crippen LogP contribution is -2.46. The number of hydrogen-bond acceptors (Lipinski definition) is 7. The molecule has 18 heteroatoms. The van der Waals surface area contributed by atoms with Crippen LogP contribution in [0.1, 0.15) is 69.0 Å². The van der Waals surface area contributed by atoms with Gasteiger partial charge in [0.2, 0.25) is 6.41 Å². The van der Waals surface area contributed by atoms with Crippen LogP contribution >= 0.6 is 11.6 Å². The van der Waals surface area contributed by atoms with Gasteiger partial charge in [-0.1, -0.05) is 57.5 Å².